The van der Waals surface area contributed by atoms with Crippen LogP contribution in [0, 0.1) is 0 Å². The third-order valence-electron chi connectivity index (χ3n) is 5.12. The van der Waals surface area contributed by atoms with Gasteiger partial charge in [0.25, 0.3) is 0 Å². The number of hydrazine groups is 1. The minimum absolute atomic E-state index is 0.100. The number of nitrogens with zero attached hydrogens (tertiary/aromatic N) is 4. The summed E-state index contributed by atoms with van der Waals surface area (Å²) in [6, 6.07) is 10.1. The molecular formula is C21H21N7O5. The Bertz CT molecular complexity index is 1320. The molecule has 4 N–H and O–H groups in total. The average molecular weight is 451 g/mol. The Labute approximate surface area is 187 Å². The number of benzene rings is 1. The zero-order valence-corrected chi connectivity index (χ0v) is 18.0. The molecule has 0 saturated heterocycles. The molecule has 12 nitrogen and oxygen atoms in total. The molecule has 1 unspecified atom stereocenters. The molecule has 0 aliphatic heterocycles. The van der Waals surface area contributed by atoms with E-state index in [0.29, 0.717) is 16.7 Å². The first-order chi connectivity index (χ1) is 15.9. The third-order valence-corrected chi connectivity index (χ3v) is 5.12. The van der Waals surface area contributed by atoms with Crippen molar-refractivity contribution in [2.45, 2.75) is 12.5 Å². The molecule has 1 aromatic carbocycles. The molecule has 0 bridgehead atoms. The van der Waals surface area contributed by atoms with Crippen LogP contribution >= 0.6 is 0 Å². The molecule has 0 aliphatic carbocycles. The van der Waals surface area contributed by atoms with Crippen molar-refractivity contribution in [3.8, 4) is 5.75 Å². The molecule has 0 spiro atoms. The van der Waals surface area contributed by atoms with Gasteiger partial charge in [-0.3, -0.25) is 15.6 Å². The minimum Gasteiger partial charge on any atom is -0.497 e. The summed E-state index contributed by atoms with van der Waals surface area (Å²) >= 11 is 0. The molecule has 0 fully saturated rings. The summed E-state index contributed by atoms with van der Waals surface area (Å²) in [7, 11) is 2.81. The number of aromatic nitrogens is 4. The molecule has 33 heavy (non-hydrogen) atoms. The van der Waals surface area contributed by atoms with Crippen LogP contribution in [0.5, 0.6) is 5.75 Å². The highest BCUT2D eigenvalue weighted by Crippen LogP contribution is 2.33. The van der Waals surface area contributed by atoms with Crippen molar-refractivity contribution < 1.29 is 23.5 Å². The molecule has 170 valence electrons. The summed E-state index contributed by atoms with van der Waals surface area (Å²) in [5.41, 5.74) is 10.5. The molecule has 3 aromatic heterocycles. The van der Waals surface area contributed by atoms with Gasteiger partial charge < -0.3 is 19.6 Å². The highest BCUT2D eigenvalue weighted by molar-refractivity contribution is 5.94. The molecule has 4 rings (SSSR count). The summed E-state index contributed by atoms with van der Waals surface area (Å²) < 4.78 is 16.9. The smallest absolute Gasteiger partial charge is 0.338 e. The van der Waals surface area contributed by atoms with Crippen LogP contribution in [0.4, 0.5) is 11.8 Å². The maximum absolute atomic E-state index is 13.0. The van der Waals surface area contributed by atoms with Gasteiger partial charge in [0.1, 0.15) is 5.75 Å². The number of amides is 1. The van der Waals surface area contributed by atoms with E-state index >= 15 is 0 Å². The molecule has 12 heteroatoms. The Morgan fingerprint density at radius 1 is 1.18 bits per heavy atom. The van der Waals surface area contributed by atoms with Gasteiger partial charge in [-0.05, 0) is 36.8 Å². The van der Waals surface area contributed by atoms with Crippen LogP contribution in [0.3, 0.4) is 0 Å². The fourth-order valence-corrected chi connectivity index (χ4v) is 3.38. The third kappa shape index (κ3) is 3.78. The number of nitrogens with one attached hydrogen (secondary N) is 2. The lowest BCUT2D eigenvalue weighted by atomic mass is 9.92. The predicted octanol–water partition coefficient (Wildman–Crippen LogP) is 1.70. The van der Waals surface area contributed by atoms with Crippen LogP contribution in [-0.2, 0) is 15.1 Å². The predicted molar refractivity (Wildman–Crippen MR) is 117 cm³/mol. The number of methoxy groups -OCH3 is 2. The molecule has 0 radical (unpaired) electrons. The second-order valence-corrected chi connectivity index (χ2v) is 7.08. The van der Waals surface area contributed by atoms with Crippen molar-refractivity contribution in [1.82, 2.24) is 25.2 Å². The molecule has 0 aliphatic rings. The second kappa shape index (κ2) is 8.49. The Morgan fingerprint density at radius 3 is 2.70 bits per heavy atom. The number of furan rings is 1. The maximum Gasteiger partial charge on any atom is 0.338 e. The lowest BCUT2D eigenvalue weighted by Crippen LogP contribution is -2.42. The number of hydrogen-bond acceptors (Lipinski definition) is 10. The van der Waals surface area contributed by atoms with Crippen LogP contribution < -0.4 is 21.3 Å². The van der Waals surface area contributed by atoms with Gasteiger partial charge in [0.2, 0.25) is 5.95 Å². The van der Waals surface area contributed by atoms with Gasteiger partial charge in [-0.25, -0.2) is 9.48 Å². The molecule has 4 aromatic rings. The Kier molecular flexibility index (Phi) is 5.56. The first kappa shape index (κ1) is 21.6. The van der Waals surface area contributed by atoms with Crippen LogP contribution in [0.25, 0.3) is 11.0 Å². The van der Waals surface area contributed by atoms with E-state index in [4.69, 9.17) is 19.6 Å². The highest BCUT2D eigenvalue weighted by atomic mass is 16.5. The van der Waals surface area contributed by atoms with Crippen molar-refractivity contribution in [2.75, 3.05) is 25.4 Å². The van der Waals surface area contributed by atoms with Crippen LogP contribution in [-0.4, -0.2) is 45.8 Å². The number of fused-ring (bicyclic) bond motifs is 1. The maximum atomic E-state index is 13.0. The van der Waals surface area contributed by atoms with Gasteiger partial charge in [-0.2, -0.15) is 15.1 Å². The largest absolute Gasteiger partial charge is 0.497 e. The van der Waals surface area contributed by atoms with E-state index in [1.807, 2.05) is 0 Å². The van der Waals surface area contributed by atoms with Crippen LogP contribution in [0.1, 0.15) is 23.0 Å². The lowest BCUT2D eigenvalue weighted by Gasteiger charge is -2.28. The van der Waals surface area contributed by atoms with Crippen molar-refractivity contribution in [3.63, 3.8) is 0 Å². The number of nitrogens with two attached hydrogens (primary N) is 1. The summed E-state index contributed by atoms with van der Waals surface area (Å²) in [6.07, 6.45) is 2.84. The van der Waals surface area contributed by atoms with Crippen molar-refractivity contribution in [3.05, 3.63) is 60.2 Å². The monoisotopic (exact) mass is 451 g/mol. The number of anilines is 2. The van der Waals surface area contributed by atoms with Gasteiger partial charge in [-0.15, -0.1) is 0 Å². The first-order valence-electron chi connectivity index (χ1n) is 9.73. The van der Waals surface area contributed by atoms with Gasteiger partial charge in [-0.1, -0.05) is 12.1 Å². The first-order valence-corrected chi connectivity index (χ1v) is 9.73. The van der Waals surface area contributed by atoms with E-state index < -0.39 is 17.4 Å². The molecule has 1 amide bonds. The zero-order valence-electron chi connectivity index (χ0n) is 18.0. The summed E-state index contributed by atoms with van der Waals surface area (Å²) in [6.45, 7) is 1.64. The number of rotatable bonds is 7. The van der Waals surface area contributed by atoms with E-state index in [-0.39, 0.29) is 23.2 Å². The average Bonchev–Trinajstić information content (AvgIpc) is 3.52. The molecular weight excluding hydrogens is 430 g/mol. The number of nitrogen functional groups attached to an aromatic ring is 1. The molecule has 0 saturated carbocycles. The number of esters is 1. The normalized spacial score (nSPS) is 12.7. The standard InChI is InChI=1S/C21H21N7O5/c1-21(19(30)32-3,12-6-4-7-13(10-12)31-2)28-17-14(11-23-28)16(24-20(22)25-17)26-27-18(29)15-8-5-9-33-15/h4-11H,1-3H3,(H,27,29)(H3,22,24,25,26). The van der Waals surface area contributed by atoms with E-state index in [9.17, 15) is 9.59 Å². The van der Waals surface area contributed by atoms with Gasteiger partial charge in [0.05, 0.1) is 32.1 Å². The second-order valence-electron chi connectivity index (χ2n) is 7.08. The van der Waals surface area contributed by atoms with Crippen molar-refractivity contribution in [1.29, 1.82) is 0 Å². The minimum atomic E-state index is -1.42. The Balaban J connectivity index is 1.79. The Morgan fingerprint density at radius 2 is 2.00 bits per heavy atom. The topological polar surface area (TPSA) is 159 Å². The lowest BCUT2D eigenvalue weighted by molar-refractivity contribution is -0.148. The quantitative estimate of drug-likeness (QED) is 0.279. The molecule has 3 heterocycles. The van der Waals surface area contributed by atoms with E-state index in [1.165, 1.54) is 37.4 Å². The van der Waals surface area contributed by atoms with Gasteiger partial charge in [0, 0.05) is 0 Å². The van der Waals surface area contributed by atoms with Crippen LogP contribution in [0.2, 0.25) is 0 Å². The van der Waals surface area contributed by atoms with E-state index in [2.05, 4.69) is 25.9 Å². The summed E-state index contributed by atoms with van der Waals surface area (Å²) in [4.78, 5) is 33.6. The van der Waals surface area contributed by atoms with Crippen molar-refractivity contribution >= 4 is 34.7 Å². The van der Waals surface area contributed by atoms with E-state index in [0.717, 1.165) is 0 Å². The number of hydrogen-bond donors (Lipinski definition) is 3. The molecule has 1 atom stereocenters. The van der Waals surface area contributed by atoms with Gasteiger partial charge in [0.15, 0.2) is 22.8 Å². The Hall–Kier alpha value is -4.61. The number of carbonyl (C=O) groups is 2. The SMILES string of the molecule is COC(=O)C(C)(c1cccc(OC)c1)n1ncc2c(NNC(=O)c3ccco3)nc(N)nc21. The number of ether oxygens (including phenoxy) is 2. The van der Waals surface area contributed by atoms with Crippen LogP contribution in [0.15, 0.2) is 53.3 Å². The zero-order chi connectivity index (χ0) is 23.6. The fraction of sp³-hybridized carbons (Fsp3) is 0.190. The fourth-order valence-electron chi connectivity index (χ4n) is 3.38. The summed E-state index contributed by atoms with van der Waals surface area (Å²) in [5.74, 6) is -0.366. The van der Waals surface area contributed by atoms with Crippen molar-refractivity contribution in [2.24, 2.45) is 0 Å². The number of carbonyl (C=O) groups excluding carboxylic acids is 2. The highest BCUT2D eigenvalue weighted by Gasteiger charge is 2.41. The van der Waals surface area contributed by atoms with E-state index in [1.54, 1.807) is 37.3 Å². The summed E-state index contributed by atoms with van der Waals surface area (Å²) in [5, 5.41) is 4.80. The van der Waals surface area contributed by atoms with Gasteiger partial charge >= 0.3 is 11.9 Å².